The molecule has 0 aromatic heterocycles. The molecule has 7 nitrogen and oxygen atoms in total. The molecule has 0 spiro atoms. The number of anilines is 1. The molecule has 1 fully saturated rings. The number of benzene rings is 2. The van der Waals surface area contributed by atoms with Crippen molar-refractivity contribution < 1.29 is 18.0 Å². The van der Waals surface area contributed by atoms with Crippen LogP contribution < -0.4 is 5.32 Å². The van der Waals surface area contributed by atoms with Crippen molar-refractivity contribution >= 4 is 27.3 Å². The number of amides is 2. The van der Waals surface area contributed by atoms with Gasteiger partial charge in [-0.15, -0.1) is 0 Å². The summed E-state index contributed by atoms with van der Waals surface area (Å²) in [5.74, 6) is 0.000906. The van der Waals surface area contributed by atoms with Gasteiger partial charge in [-0.25, -0.2) is 8.42 Å². The van der Waals surface area contributed by atoms with Crippen molar-refractivity contribution in [3.63, 3.8) is 0 Å². The Morgan fingerprint density at radius 1 is 1.08 bits per heavy atom. The SMILES string of the molecule is CCCN(CCN1CCCCCC1=O)C(C)Cc1cccc(NC(=O)c2ccc(S(C)(=O)=O)cc2)c1. The van der Waals surface area contributed by atoms with Gasteiger partial charge in [0, 0.05) is 49.6 Å². The first-order valence-corrected chi connectivity index (χ1v) is 14.8. The normalized spacial score (nSPS) is 15.6. The van der Waals surface area contributed by atoms with E-state index in [0.717, 1.165) is 70.1 Å². The topological polar surface area (TPSA) is 86.8 Å². The van der Waals surface area contributed by atoms with Crippen LogP contribution >= 0.6 is 0 Å². The van der Waals surface area contributed by atoms with Gasteiger partial charge in [0.2, 0.25) is 5.91 Å². The number of sulfone groups is 1. The number of hydrogen-bond donors (Lipinski definition) is 1. The van der Waals surface area contributed by atoms with Gasteiger partial charge >= 0.3 is 0 Å². The summed E-state index contributed by atoms with van der Waals surface area (Å²) in [6.45, 7) is 7.87. The molecule has 1 aliphatic heterocycles. The molecule has 0 bridgehead atoms. The number of nitrogens with zero attached hydrogens (tertiary/aromatic N) is 2. The minimum absolute atomic E-state index is 0.187. The molecule has 1 saturated heterocycles. The minimum atomic E-state index is -3.30. The van der Waals surface area contributed by atoms with E-state index in [1.165, 1.54) is 24.3 Å². The zero-order valence-corrected chi connectivity index (χ0v) is 22.5. The van der Waals surface area contributed by atoms with Gasteiger partial charge < -0.3 is 10.2 Å². The quantitative estimate of drug-likeness (QED) is 0.482. The molecule has 2 aromatic rings. The minimum Gasteiger partial charge on any atom is -0.341 e. The van der Waals surface area contributed by atoms with Gasteiger partial charge in [0.1, 0.15) is 0 Å². The van der Waals surface area contributed by atoms with Crippen LogP contribution in [0.3, 0.4) is 0 Å². The Bertz CT molecular complexity index is 1130. The van der Waals surface area contributed by atoms with Crippen LogP contribution in [0.2, 0.25) is 0 Å². The van der Waals surface area contributed by atoms with E-state index < -0.39 is 9.84 Å². The first-order chi connectivity index (χ1) is 17.2. The van der Waals surface area contributed by atoms with E-state index in [-0.39, 0.29) is 16.7 Å². The summed E-state index contributed by atoms with van der Waals surface area (Å²) < 4.78 is 23.3. The van der Waals surface area contributed by atoms with Crippen LogP contribution in [0.15, 0.2) is 53.4 Å². The van der Waals surface area contributed by atoms with Crippen molar-refractivity contribution in [2.45, 2.75) is 63.3 Å². The Kier molecular flexibility index (Phi) is 10.1. The molecule has 1 N–H and O–H groups in total. The molecular weight excluding hydrogens is 474 g/mol. The number of likely N-dealkylation sites (tertiary alicyclic amines) is 1. The summed E-state index contributed by atoms with van der Waals surface area (Å²) in [6, 6.07) is 14.1. The van der Waals surface area contributed by atoms with Gasteiger partial charge in [0.25, 0.3) is 5.91 Å². The third-order valence-electron chi connectivity index (χ3n) is 6.72. The van der Waals surface area contributed by atoms with Crippen molar-refractivity contribution in [2.75, 3.05) is 37.8 Å². The number of hydrogen-bond acceptors (Lipinski definition) is 5. The van der Waals surface area contributed by atoms with Crippen LogP contribution in [0.25, 0.3) is 0 Å². The highest BCUT2D eigenvalue weighted by molar-refractivity contribution is 7.90. The average Bonchev–Trinajstić information content (AvgIpc) is 3.05. The van der Waals surface area contributed by atoms with Crippen molar-refractivity contribution in [3.05, 3.63) is 59.7 Å². The maximum Gasteiger partial charge on any atom is 0.255 e. The van der Waals surface area contributed by atoms with Gasteiger partial charge in [-0.2, -0.15) is 0 Å². The molecule has 0 saturated carbocycles. The Balaban J connectivity index is 1.60. The molecule has 1 unspecified atom stereocenters. The molecule has 0 radical (unpaired) electrons. The molecule has 36 heavy (non-hydrogen) atoms. The van der Waals surface area contributed by atoms with Crippen molar-refractivity contribution in [2.24, 2.45) is 0 Å². The van der Waals surface area contributed by atoms with Crippen molar-refractivity contribution in [1.82, 2.24) is 9.80 Å². The zero-order chi connectivity index (χ0) is 26.1. The van der Waals surface area contributed by atoms with E-state index in [9.17, 15) is 18.0 Å². The van der Waals surface area contributed by atoms with Gasteiger partial charge in [0.15, 0.2) is 9.84 Å². The second kappa shape index (κ2) is 13.0. The second-order valence-corrected chi connectivity index (χ2v) is 11.7. The smallest absolute Gasteiger partial charge is 0.255 e. The molecule has 2 aromatic carbocycles. The Hall–Kier alpha value is -2.71. The molecule has 1 aliphatic rings. The summed E-state index contributed by atoms with van der Waals surface area (Å²) in [6.07, 6.45) is 6.93. The van der Waals surface area contributed by atoms with E-state index in [4.69, 9.17) is 0 Å². The van der Waals surface area contributed by atoms with Gasteiger partial charge in [0.05, 0.1) is 4.90 Å². The third-order valence-corrected chi connectivity index (χ3v) is 7.85. The molecule has 196 valence electrons. The fraction of sp³-hybridized carbons (Fsp3) is 0.500. The Labute approximate surface area is 215 Å². The number of carbonyl (C=O) groups excluding carboxylic acids is 2. The lowest BCUT2D eigenvalue weighted by Crippen LogP contribution is -2.43. The van der Waals surface area contributed by atoms with Gasteiger partial charge in [-0.3, -0.25) is 14.5 Å². The summed E-state index contributed by atoms with van der Waals surface area (Å²) in [5.41, 5.74) is 2.23. The Morgan fingerprint density at radius 2 is 1.83 bits per heavy atom. The lowest BCUT2D eigenvalue weighted by atomic mass is 10.0. The summed E-state index contributed by atoms with van der Waals surface area (Å²) >= 11 is 0. The summed E-state index contributed by atoms with van der Waals surface area (Å²) in [5, 5.41) is 2.92. The van der Waals surface area contributed by atoms with E-state index in [1.54, 1.807) is 0 Å². The molecule has 3 rings (SSSR count). The van der Waals surface area contributed by atoms with Gasteiger partial charge in [-0.1, -0.05) is 25.5 Å². The lowest BCUT2D eigenvalue weighted by Gasteiger charge is -2.31. The van der Waals surface area contributed by atoms with Crippen LogP contribution in [0.5, 0.6) is 0 Å². The highest BCUT2D eigenvalue weighted by Crippen LogP contribution is 2.18. The predicted molar refractivity (Wildman–Crippen MR) is 144 cm³/mol. The molecule has 1 heterocycles. The molecular formula is C28H39N3O4S. The van der Waals surface area contributed by atoms with Crippen LogP contribution in [-0.2, 0) is 21.1 Å². The molecule has 8 heteroatoms. The first kappa shape index (κ1) is 27.9. The fourth-order valence-electron chi connectivity index (χ4n) is 4.67. The maximum absolute atomic E-state index is 12.7. The first-order valence-electron chi connectivity index (χ1n) is 12.9. The van der Waals surface area contributed by atoms with Crippen LogP contribution in [0.4, 0.5) is 5.69 Å². The van der Waals surface area contributed by atoms with Crippen LogP contribution in [-0.4, -0.2) is 68.5 Å². The second-order valence-electron chi connectivity index (χ2n) is 9.73. The number of carbonyl (C=O) groups is 2. The average molecular weight is 514 g/mol. The molecule has 0 aliphatic carbocycles. The predicted octanol–water partition coefficient (Wildman–Crippen LogP) is 4.39. The molecule has 1 atom stereocenters. The Morgan fingerprint density at radius 3 is 2.53 bits per heavy atom. The van der Waals surface area contributed by atoms with Crippen molar-refractivity contribution in [1.29, 1.82) is 0 Å². The standard InChI is InChI=1S/C28H39N3O4S/c1-4-16-30(18-19-31-17-7-5-6-11-27(31)32)22(2)20-23-9-8-10-25(21-23)29-28(33)24-12-14-26(15-13-24)36(3,34)35/h8-10,12-15,21-22H,4-7,11,16-20H2,1-3H3,(H,29,33). The van der Waals surface area contributed by atoms with Crippen molar-refractivity contribution in [3.8, 4) is 0 Å². The number of rotatable bonds is 11. The zero-order valence-electron chi connectivity index (χ0n) is 21.7. The van der Waals surface area contributed by atoms with Crippen LogP contribution in [0, 0.1) is 0 Å². The monoisotopic (exact) mass is 513 g/mol. The third kappa shape index (κ3) is 8.17. The molecule has 2 amide bonds. The van der Waals surface area contributed by atoms with Crippen LogP contribution in [0.1, 0.15) is 61.9 Å². The lowest BCUT2D eigenvalue weighted by molar-refractivity contribution is -0.131. The summed E-state index contributed by atoms with van der Waals surface area (Å²) in [4.78, 5) is 29.7. The van der Waals surface area contributed by atoms with E-state index in [0.29, 0.717) is 23.7 Å². The van der Waals surface area contributed by atoms with E-state index in [1.807, 2.05) is 23.1 Å². The van der Waals surface area contributed by atoms with Gasteiger partial charge in [-0.05, 0) is 81.1 Å². The summed E-state index contributed by atoms with van der Waals surface area (Å²) in [7, 11) is -3.30. The highest BCUT2D eigenvalue weighted by atomic mass is 32.2. The van der Waals surface area contributed by atoms with E-state index in [2.05, 4.69) is 30.1 Å². The number of nitrogens with one attached hydrogen (secondary N) is 1. The maximum atomic E-state index is 12.7. The fourth-order valence-corrected chi connectivity index (χ4v) is 5.30. The highest BCUT2D eigenvalue weighted by Gasteiger charge is 2.20. The van der Waals surface area contributed by atoms with E-state index >= 15 is 0 Å². The largest absolute Gasteiger partial charge is 0.341 e.